The maximum absolute atomic E-state index is 4.36. The van der Waals surface area contributed by atoms with Crippen LogP contribution >= 0.6 is 0 Å². The average Bonchev–Trinajstić information content (AvgIpc) is 2.94. The van der Waals surface area contributed by atoms with Gasteiger partial charge in [0.1, 0.15) is 0 Å². The Kier molecular flexibility index (Phi) is 3.46. The van der Waals surface area contributed by atoms with Crippen molar-refractivity contribution in [2.45, 2.75) is 32.9 Å². The van der Waals surface area contributed by atoms with E-state index >= 15 is 0 Å². The van der Waals surface area contributed by atoms with Crippen LogP contribution in [-0.4, -0.2) is 19.6 Å². The monoisotopic (exact) mass is 233 g/mol. The third-order valence-electron chi connectivity index (χ3n) is 2.94. The first-order chi connectivity index (χ1) is 8.20. The van der Waals surface area contributed by atoms with Crippen molar-refractivity contribution in [2.24, 2.45) is 7.05 Å². The maximum Gasteiger partial charge on any atom is 0.0729 e. The highest BCUT2D eigenvalue weighted by atomic mass is 15.3. The summed E-state index contributed by atoms with van der Waals surface area (Å²) < 4.78 is 3.86. The molecular weight excluding hydrogens is 214 g/mol. The lowest BCUT2D eigenvalue weighted by molar-refractivity contribution is 0.462. The summed E-state index contributed by atoms with van der Waals surface area (Å²) in [6.07, 6.45) is 6.72. The third-order valence-corrected chi connectivity index (χ3v) is 2.94. The van der Waals surface area contributed by atoms with Crippen molar-refractivity contribution in [3.63, 3.8) is 0 Å². The summed E-state index contributed by atoms with van der Waals surface area (Å²) in [7, 11) is 1.91. The van der Waals surface area contributed by atoms with Crippen molar-refractivity contribution >= 4 is 5.69 Å². The molecule has 0 aliphatic carbocycles. The van der Waals surface area contributed by atoms with Gasteiger partial charge in [0.05, 0.1) is 24.1 Å². The summed E-state index contributed by atoms with van der Waals surface area (Å²) in [5, 5.41) is 11.8. The van der Waals surface area contributed by atoms with E-state index in [9.17, 15) is 0 Å². The molecule has 1 N–H and O–H groups in total. The van der Waals surface area contributed by atoms with Crippen molar-refractivity contribution in [3.05, 3.63) is 30.4 Å². The zero-order valence-electron chi connectivity index (χ0n) is 10.6. The van der Waals surface area contributed by atoms with E-state index in [1.807, 2.05) is 25.6 Å². The van der Waals surface area contributed by atoms with E-state index in [0.29, 0.717) is 6.04 Å². The number of nitrogens with zero attached hydrogens (tertiary/aromatic N) is 4. The molecule has 2 aromatic rings. The molecule has 2 aromatic heterocycles. The van der Waals surface area contributed by atoms with Crippen molar-refractivity contribution < 1.29 is 0 Å². The Labute approximate surface area is 101 Å². The molecule has 0 saturated heterocycles. The largest absolute Gasteiger partial charge is 0.377 e. The van der Waals surface area contributed by atoms with Gasteiger partial charge < -0.3 is 5.32 Å². The highest BCUT2D eigenvalue weighted by Crippen LogP contribution is 2.13. The average molecular weight is 233 g/mol. The standard InChI is InChI=1S/C12H19N5/c1-4-10(2)17-12(5-6-14-17)8-13-11-7-15-16(3)9-11/h5-7,9-10,13H,4,8H2,1-3H3/t10-/m0/s1. The number of hydrogen-bond acceptors (Lipinski definition) is 3. The van der Waals surface area contributed by atoms with Gasteiger partial charge in [-0.05, 0) is 19.4 Å². The van der Waals surface area contributed by atoms with E-state index < -0.39 is 0 Å². The van der Waals surface area contributed by atoms with Crippen LogP contribution in [0, 0.1) is 0 Å². The normalized spacial score (nSPS) is 12.6. The van der Waals surface area contributed by atoms with Gasteiger partial charge in [0.25, 0.3) is 0 Å². The summed E-state index contributed by atoms with van der Waals surface area (Å²) in [5.41, 5.74) is 2.23. The molecule has 0 fully saturated rings. The molecule has 0 aromatic carbocycles. The third kappa shape index (κ3) is 2.67. The van der Waals surface area contributed by atoms with Gasteiger partial charge in [-0.15, -0.1) is 0 Å². The van der Waals surface area contributed by atoms with Gasteiger partial charge in [0, 0.05) is 25.5 Å². The minimum absolute atomic E-state index is 0.440. The van der Waals surface area contributed by atoms with Crippen molar-refractivity contribution in [1.29, 1.82) is 0 Å². The minimum atomic E-state index is 0.440. The highest BCUT2D eigenvalue weighted by molar-refractivity contribution is 5.38. The van der Waals surface area contributed by atoms with Crippen LogP contribution in [0.15, 0.2) is 24.7 Å². The first-order valence-corrected chi connectivity index (χ1v) is 5.95. The van der Waals surface area contributed by atoms with Crippen LogP contribution in [0.5, 0.6) is 0 Å². The second-order valence-corrected chi connectivity index (χ2v) is 4.28. The fourth-order valence-electron chi connectivity index (χ4n) is 1.76. The second kappa shape index (κ2) is 5.03. The second-order valence-electron chi connectivity index (χ2n) is 4.28. The van der Waals surface area contributed by atoms with Gasteiger partial charge >= 0.3 is 0 Å². The molecule has 0 aliphatic rings. The summed E-state index contributed by atoms with van der Waals surface area (Å²) in [6.45, 7) is 5.13. The van der Waals surface area contributed by atoms with Crippen LogP contribution < -0.4 is 5.32 Å². The number of aromatic nitrogens is 4. The number of aryl methyl sites for hydroxylation is 1. The fraction of sp³-hybridized carbons (Fsp3) is 0.500. The lowest BCUT2D eigenvalue weighted by atomic mass is 10.2. The molecule has 0 spiro atoms. The number of rotatable bonds is 5. The molecule has 0 radical (unpaired) electrons. The van der Waals surface area contributed by atoms with Gasteiger partial charge in [-0.1, -0.05) is 6.92 Å². The number of hydrogen-bond donors (Lipinski definition) is 1. The minimum Gasteiger partial charge on any atom is -0.377 e. The molecule has 2 heterocycles. The van der Waals surface area contributed by atoms with E-state index in [2.05, 4.69) is 40.1 Å². The molecule has 92 valence electrons. The van der Waals surface area contributed by atoms with Gasteiger partial charge in [-0.3, -0.25) is 9.36 Å². The molecular formula is C12H19N5. The maximum atomic E-state index is 4.36. The predicted molar refractivity (Wildman–Crippen MR) is 67.8 cm³/mol. The Bertz CT molecular complexity index is 471. The summed E-state index contributed by atoms with van der Waals surface area (Å²) in [4.78, 5) is 0. The van der Waals surface area contributed by atoms with Crippen molar-refractivity contribution in [2.75, 3.05) is 5.32 Å². The van der Waals surface area contributed by atoms with Crippen LogP contribution in [0.1, 0.15) is 32.0 Å². The lowest BCUT2D eigenvalue weighted by Gasteiger charge is -2.14. The molecule has 2 rings (SSSR count). The van der Waals surface area contributed by atoms with Crippen molar-refractivity contribution in [1.82, 2.24) is 19.6 Å². The zero-order chi connectivity index (χ0) is 12.3. The highest BCUT2D eigenvalue weighted by Gasteiger charge is 2.08. The van der Waals surface area contributed by atoms with Crippen LogP contribution in [0.2, 0.25) is 0 Å². The molecule has 5 heteroatoms. The number of nitrogens with one attached hydrogen (secondary N) is 1. The molecule has 0 bridgehead atoms. The van der Waals surface area contributed by atoms with Crippen LogP contribution in [0.25, 0.3) is 0 Å². The van der Waals surface area contributed by atoms with Gasteiger partial charge in [0.15, 0.2) is 0 Å². The lowest BCUT2D eigenvalue weighted by Crippen LogP contribution is -2.12. The Hall–Kier alpha value is -1.78. The van der Waals surface area contributed by atoms with Crippen LogP contribution in [-0.2, 0) is 13.6 Å². The topological polar surface area (TPSA) is 47.7 Å². The Morgan fingerprint density at radius 3 is 2.88 bits per heavy atom. The van der Waals surface area contributed by atoms with Crippen LogP contribution in [0.4, 0.5) is 5.69 Å². The smallest absolute Gasteiger partial charge is 0.0729 e. The molecule has 17 heavy (non-hydrogen) atoms. The number of anilines is 1. The van der Waals surface area contributed by atoms with Gasteiger partial charge in [-0.2, -0.15) is 10.2 Å². The molecule has 0 amide bonds. The Morgan fingerprint density at radius 1 is 1.41 bits per heavy atom. The van der Waals surface area contributed by atoms with Crippen molar-refractivity contribution in [3.8, 4) is 0 Å². The fourth-order valence-corrected chi connectivity index (χ4v) is 1.76. The zero-order valence-corrected chi connectivity index (χ0v) is 10.6. The molecule has 0 aliphatic heterocycles. The van der Waals surface area contributed by atoms with Crippen LogP contribution in [0.3, 0.4) is 0 Å². The quantitative estimate of drug-likeness (QED) is 0.861. The Balaban J connectivity index is 2.01. The SMILES string of the molecule is CC[C@H](C)n1nccc1CNc1cnn(C)c1. The molecule has 5 nitrogen and oxygen atoms in total. The van der Waals surface area contributed by atoms with E-state index in [4.69, 9.17) is 0 Å². The summed E-state index contributed by atoms with van der Waals surface area (Å²) in [6, 6.07) is 2.49. The van der Waals surface area contributed by atoms with Gasteiger partial charge in [0.2, 0.25) is 0 Å². The van der Waals surface area contributed by atoms with E-state index in [-0.39, 0.29) is 0 Å². The Morgan fingerprint density at radius 2 is 2.24 bits per heavy atom. The first kappa shape index (κ1) is 11.7. The molecule has 0 saturated carbocycles. The van der Waals surface area contributed by atoms with Gasteiger partial charge in [-0.25, -0.2) is 0 Å². The predicted octanol–water partition coefficient (Wildman–Crippen LogP) is 2.20. The van der Waals surface area contributed by atoms with E-state index in [0.717, 1.165) is 18.7 Å². The first-order valence-electron chi connectivity index (χ1n) is 5.95. The van der Waals surface area contributed by atoms with E-state index in [1.54, 1.807) is 4.68 Å². The summed E-state index contributed by atoms with van der Waals surface area (Å²) in [5.74, 6) is 0. The summed E-state index contributed by atoms with van der Waals surface area (Å²) >= 11 is 0. The van der Waals surface area contributed by atoms with E-state index in [1.165, 1.54) is 5.69 Å². The molecule has 0 unspecified atom stereocenters. The molecule has 1 atom stereocenters.